The van der Waals surface area contributed by atoms with Gasteiger partial charge in [0.15, 0.2) is 12.2 Å². The molecular formula is C21H23N3O4. The summed E-state index contributed by atoms with van der Waals surface area (Å²) >= 11 is 0. The Hall–Kier alpha value is -3.22. The van der Waals surface area contributed by atoms with E-state index < -0.39 is 0 Å². The molecule has 146 valence electrons. The van der Waals surface area contributed by atoms with Crippen molar-refractivity contribution in [3.8, 4) is 11.5 Å². The molecule has 1 aliphatic heterocycles. The molecule has 7 heteroatoms. The Kier molecular flexibility index (Phi) is 5.32. The summed E-state index contributed by atoms with van der Waals surface area (Å²) in [7, 11) is 1.59. The first kappa shape index (κ1) is 18.2. The predicted octanol–water partition coefficient (Wildman–Crippen LogP) is 3.00. The van der Waals surface area contributed by atoms with Gasteiger partial charge in [-0.3, -0.25) is 4.79 Å². The molecular weight excluding hydrogens is 358 g/mol. The quantitative estimate of drug-likeness (QED) is 0.678. The number of nitrogens with zero attached hydrogens (tertiary/aromatic N) is 2. The minimum Gasteiger partial charge on any atom is -0.497 e. The summed E-state index contributed by atoms with van der Waals surface area (Å²) in [6, 6.07) is 15.7. The van der Waals surface area contributed by atoms with Crippen molar-refractivity contribution in [2.45, 2.75) is 18.9 Å². The van der Waals surface area contributed by atoms with Crippen molar-refractivity contribution in [2.75, 3.05) is 31.7 Å². The zero-order chi connectivity index (χ0) is 19.3. The molecule has 1 N–H and O–H groups in total. The molecule has 1 saturated heterocycles. The lowest BCUT2D eigenvalue weighted by Crippen LogP contribution is -2.41. The summed E-state index contributed by atoms with van der Waals surface area (Å²) < 4.78 is 16.6. The van der Waals surface area contributed by atoms with Gasteiger partial charge in [0.2, 0.25) is 0 Å². The number of rotatable bonds is 7. The molecule has 3 aromatic rings. The predicted molar refractivity (Wildman–Crippen MR) is 106 cm³/mol. The van der Waals surface area contributed by atoms with E-state index in [1.54, 1.807) is 19.2 Å². The number of hydrogen-bond donors (Lipinski definition) is 1. The first-order chi connectivity index (χ1) is 13.7. The van der Waals surface area contributed by atoms with Gasteiger partial charge in [-0.2, -0.15) is 4.98 Å². The third-order valence-corrected chi connectivity index (χ3v) is 4.85. The standard InChI is InChI=1S/C21H23N3O4/c1-26-16-7-4-8-17(12-16)27-14-20(25)22-13-15-6-5-11-24(15)21-23-18-9-2-3-10-19(18)28-21/h2-4,7-10,12,15H,5-6,11,13-14H2,1H3,(H,22,25). The summed E-state index contributed by atoms with van der Waals surface area (Å²) in [5, 5.41) is 2.95. The van der Waals surface area contributed by atoms with Crippen LogP contribution < -0.4 is 19.7 Å². The van der Waals surface area contributed by atoms with Crippen LogP contribution in [0.15, 0.2) is 52.9 Å². The van der Waals surface area contributed by atoms with E-state index in [2.05, 4.69) is 15.2 Å². The molecule has 1 aromatic heterocycles. The molecule has 0 spiro atoms. The molecule has 4 rings (SSSR count). The van der Waals surface area contributed by atoms with Crippen LogP contribution in [0.25, 0.3) is 11.1 Å². The number of aromatic nitrogens is 1. The van der Waals surface area contributed by atoms with E-state index in [0.717, 1.165) is 30.5 Å². The highest BCUT2D eigenvalue weighted by atomic mass is 16.5. The number of nitrogens with one attached hydrogen (secondary N) is 1. The number of fused-ring (bicyclic) bond motifs is 1. The average Bonchev–Trinajstić information content (AvgIpc) is 3.37. The number of carbonyl (C=O) groups excluding carboxylic acids is 1. The number of ether oxygens (including phenoxy) is 2. The number of benzene rings is 2. The Balaban J connectivity index is 1.31. The maximum atomic E-state index is 12.2. The maximum Gasteiger partial charge on any atom is 0.298 e. The van der Waals surface area contributed by atoms with Crippen LogP contribution in [0.2, 0.25) is 0 Å². The summed E-state index contributed by atoms with van der Waals surface area (Å²) in [5.41, 5.74) is 1.62. The molecule has 7 nitrogen and oxygen atoms in total. The number of anilines is 1. The van der Waals surface area contributed by atoms with Crippen LogP contribution in [0.1, 0.15) is 12.8 Å². The largest absolute Gasteiger partial charge is 0.497 e. The fourth-order valence-corrected chi connectivity index (χ4v) is 3.41. The Morgan fingerprint density at radius 2 is 2.11 bits per heavy atom. The van der Waals surface area contributed by atoms with Crippen molar-refractivity contribution >= 4 is 23.0 Å². The zero-order valence-corrected chi connectivity index (χ0v) is 15.8. The minimum atomic E-state index is -0.160. The molecule has 0 aliphatic carbocycles. The fraction of sp³-hybridized carbons (Fsp3) is 0.333. The molecule has 1 aliphatic rings. The van der Waals surface area contributed by atoms with E-state index in [1.165, 1.54) is 0 Å². The van der Waals surface area contributed by atoms with Crippen LogP contribution in [-0.4, -0.2) is 43.7 Å². The minimum absolute atomic E-state index is 0.0389. The van der Waals surface area contributed by atoms with Crippen molar-refractivity contribution in [3.05, 3.63) is 48.5 Å². The topological polar surface area (TPSA) is 76.8 Å². The van der Waals surface area contributed by atoms with E-state index >= 15 is 0 Å². The number of carbonyl (C=O) groups is 1. The molecule has 1 atom stereocenters. The highest BCUT2D eigenvalue weighted by molar-refractivity contribution is 5.77. The van der Waals surface area contributed by atoms with E-state index in [4.69, 9.17) is 13.9 Å². The average molecular weight is 381 g/mol. The van der Waals surface area contributed by atoms with Crippen molar-refractivity contribution < 1.29 is 18.7 Å². The molecule has 1 amide bonds. The van der Waals surface area contributed by atoms with E-state index in [0.29, 0.717) is 24.1 Å². The number of methoxy groups -OCH3 is 1. The van der Waals surface area contributed by atoms with Crippen LogP contribution in [0.5, 0.6) is 11.5 Å². The van der Waals surface area contributed by atoms with Gasteiger partial charge in [-0.15, -0.1) is 0 Å². The van der Waals surface area contributed by atoms with Crippen molar-refractivity contribution in [1.29, 1.82) is 0 Å². The summed E-state index contributed by atoms with van der Waals surface area (Å²) in [6.07, 6.45) is 2.02. The van der Waals surface area contributed by atoms with Crippen molar-refractivity contribution in [2.24, 2.45) is 0 Å². The third-order valence-electron chi connectivity index (χ3n) is 4.85. The lowest BCUT2D eigenvalue weighted by Gasteiger charge is -2.23. The van der Waals surface area contributed by atoms with Crippen LogP contribution in [0, 0.1) is 0 Å². The molecule has 28 heavy (non-hydrogen) atoms. The van der Waals surface area contributed by atoms with Crippen LogP contribution in [0.4, 0.5) is 6.01 Å². The number of hydrogen-bond acceptors (Lipinski definition) is 6. The van der Waals surface area contributed by atoms with E-state index in [-0.39, 0.29) is 18.6 Å². The number of para-hydroxylation sites is 2. The van der Waals surface area contributed by atoms with Crippen LogP contribution >= 0.6 is 0 Å². The van der Waals surface area contributed by atoms with Gasteiger partial charge in [0.25, 0.3) is 11.9 Å². The highest BCUT2D eigenvalue weighted by Gasteiger charge is 2.28. The fourth-order valence-electron chi connectivity index (χ4n) is 3.41. The van der Waals surface area contributed by atoms with Gasteiger partial charge >= 0.3 is 0 Å². The van der Waals surface area contributed by atoms with Crippen LogP contribution in [-0.2, 0) is 4.79 Å². The van der Waals surface area contributed by atoms with Crippen molar-refractivity contribution in [3.63, 3.8) is 0 Å². The van der Waals surface area contributed by atoms with Gasteiger partial charge in [0.05, 0.1) is 13.2 Å². The summed E-state index contributed by atoms with van der Waals surface area (Å²) in [6.45, 7) is 1.36. The molecule has 0 radical (unpaired) electrons. The van der Waals surface area contributed by atoms with Crippen molar-refractivity contribution in [1.82, 2.24) is 10.3 Å². The molecule has 1 fully saturated rings. The summed E-state index contributed by atoms with van der Waals surface area (Å²) in [5.74, 6) is 1.13. The third kappa shape index (κ3) is 4.03. The van der Waals surface area contributed by atoms with Crippen LogP contribution in [0.3, 0.4) is 0 Å². The Morgan fingerprint density at radius 3 is 2.96 bits per heavy atom. The van der Waals surface area contributed by atoms with Gasteiger partial charge in [0.1, 0.15) is 17.0 Å². The Bertz CT molecular complexity index is 922. The second-order valence-corrected chi connectivity index (χ2v) is 6.73. The monoisotopic (exact) mass is 381 g/mol. The van der Waals surface area contributed by atoms with Gasteiger partial charge in [-0.25, -0.2) is 0 Å². The van der Waals surface area contributed by atoms with E-state index in [9.17, 15) is 4.79 Å². The second kappa shape index (κ2) is 8.21. The Morgan fingerprint density at radius 1 is 1.25 bits per heavy atom. The van der Waals surface area contributed by atoms with E-state index in [1.807, 2.05) is 36.4 Å². The zero-order valence-electron chi connectivity index (χ0n) is 15.8. The molecule has 1 unspecified atom stereocenters. The first-order valence-electron chi connectivity index (χ1n) is 9.39. The van der Waals surface area contributed by atoms with Gasteiger partial charge in [0, 0.05) is 19.2 Å². The van der Waals surface area contributed by atoms with Gasteiger partial charge in [-0.1, -0.05) is 18.2 Å². The number of amides is 1. The summed E-state index contributed by atoms with van der Waals surface area (Å²) in [4.78, 5) is 18.9. The number of oxazole rings is 1. The lowest BCUT2D eigenvalue weighted by atomic mass is 10.2. The lowest BCUT2D eigenvalue weighted by molar-refractivity contribution is -0.123. The molecule has 2 aromatic carbocycles. The first-order valence-corrected chi connectivity index (χ1v) is 9.39. The molecule has 2 heterocycles. The van der Waals surface area contributed by atoms with Gasteiger partial charge < -0.3 is 24.1 Å². The second-order valence-electron chi connectivity index (χ2n) is 6.73. The maximum absolute atomic E-state index is 12.2. The normalized spacial score (nSPS) is 16.3. The Labute approximate surface area is 163 Å². The smallest absolute Gasteiger partial charge is 0.298 e. The highest BCUT2D eigenvalue weighted by Crippen LogP contribution is 2.28. The SMILES string of the molecule is COc1cccc(OCC(=O)NCC2CCCN2c2nc3ccccc3o2)c1. The van der Waals surface area contributed by atoms with Gasteiger partial charge in [-0.05, 0) is 37.1 Å². The molecule has 0 bridgehead atoms. The molecule has 0 saturated carbocycles.